The molecule has 0 aromatic heterocycles. The van der Waals surface area contributed by atoms with Crippen LogP contribution in [0.4, 0.5) is 5.69 Å². The van der Waals surface area contributed by atoms with Crippen LogP contribution in [-0.4, -0.2) is 17.5 Å². The zero-order chi connectivity index (χ0) is 13.7. The number of halogens is 1. The summed E-state index contributed by atoms with van der Waals surface area (Å²) >= 11 is 2.17. The molecule has 18 heavy (non-hydrogen) atoms. The molecule has 1 unspecified atom stereocenters. The Balaban J connectivity index is 2.86. The van der Waals surface area contributed by atoms with Crippen LogP contribution >= 0.6 is 22.6 Å². The predicted molar refractivity (Wildman–Crippen MR) is 81.8 cm³/mol. The van der Waals surface area contributed by atoms with Crippen LogP contribution in [0.25, 0.3) is 0 Å². The Bertz CT molecular complexity index is 421. The van der Waals surface area contributed by atoms with Crippen LogP contribution in [0.1, 0.15) is 26.3 Å². The molecule has 0 amide bonds. The highest BCUT2D eigenvalue weighted by Gasteiger charge is 2.16. The molecule has 0 heterocycles. The van der Waals surface area contributed by atoms with Crippen LogP contribution < -0.4 is 5.32 Å². The number of nitro benzene ring substituents is 1. The van der Waals surface area contributed by atoms with Gasteiger partial charge in [-0.05, 0) is 47.0 Å². The first-order chi connectivity index (χ1) is 8.45. The lowest BCUT2D eigenvalue weighted by molar-refractivity contribution is -0.385. The Morgan fingerprint density at radius 3 is 2.56 bits per heavy atom. The summed E-state index contributed by atoms with van der Waals surface area (Å²) < 4.78 is 0.963. The van der Waals surface area contributed by atoms with Gasteiger partial charge in [-0.1, -0.05) is 26.8 Å². The molecule has 1 aromatic rings. The largest absolute Gasteiger partial charge is 0.314 e. The van der Waals surface area contributed by atoms with Crippen molar-refractivity contribution in [2.45, 2.75) is 33.2 Å². The maximum atomic E-state index is 10.7. The highest BCUT2D eigenvalue weighted by Crippen LogP contribution is 2.22. The van der Waals surface area contributed by atoms with Crippen molar-refractivity contribution in [2.24, 2.45) is 5.92 Å². The van der Waals surface area contributed by atoms with Crippen LogP contribution in [0.2, 0.25) is 0 Å². The average Bonchev–Trinajstić information content (AvgIpc) is 2.30. The normalized spacial score (nSPS) is 12.7. The van der Waals surface area contributed by atoms with Crippen molar-refractivity contribution in [1.29, 1.82) is 0 Å². The van der Waals surface area contributed by atoms with E-state index in [0.29, 0.717) is 12.0 Å². The number of hydrogen-bond donors (Lipinski definition) is 1. The van der Waals surface area contributed by atoms with Gasteiger partial charge in [-0.3, -0.25) is 10.1 Å². The van der Waals surface area contributed by atoms with Crippen molar-refractivity contribution in [1.82, 2.24) is 5.32 Å². The van der Waals surface area contributed by atoms with E-state index in [1.165, 1.54) is 5.56 Å². The van der Waals surface area contributed by atoms with Gasteiger partial charge in [0.1, 0.15) is 0 Å². The second kappa shape index (κ2) is 7.04. The van der Waals surface area contributed by atoms with Gasteiger partial charge in [0.25, 0.3) is 5.69 Å². The minimum Gasteiger partial charge on any atom is -0.314 e. The van der Waals surface area contributed by atoms with Gasteiger partial charge in [0.15, 0.2) is 0 Å². The first kappa shape index (κ1) is 15.4. The summed E-state index contributed by atoms with van der Waals surface area (Å²) in [7, 11) is 0. The first-order valence-electron chi connectivity index (χ1n) is 6.11. The van der Waals surface area contributed by atoms with Crippen molar-refractivity contribution in [3.63, 3.8) is 0 Å². The van der Waals surface area contributed by atoms with Crippen LogP contribution in [-0.2, 0) is 6.42 Å². The van der Waals surface area contributed by atoms with E-state index in [9.17, 15) is 10.1 Å². The van der Waals surface area contributed by atoms with Gasteiger partial charge in [-0.25, -0.2) is 0 Å². The van der Waals surface area contributed by atoms with Crippen molar-refractivity contribution in [2.75, 3.05) is 6.54 Å². The molecule has 4 nitrogen and oxygen atoms in total. The van der Waals surface area contributed by atoms with Gasteiger partial charge >= 0.3 is 0 Å². The van der Waals surface area contributed by atoms with E-state index in [1.807, 2.05) is 6.07 Å². The third-order valence-electron chi connectivity index (χ3n) is 2.96. The van der Waals surface area contributed by atoms with Gasteiger partial charge in [-0.2, -0.15) is 0 Å². The molecule has 0 spiro atoms. The van der Waals surface area contributed by atoms with Crippen molar-refractivity contribution in [3.8, 4) is 0 Å². The molecule has 0 aliphatic heterocycles. The van der Waals surface area contributed by atoms with Gasteiger partial charge in [0, 0.05) is 21.7 Å². The fraction of sp³-hybridized carbons (Fsp3) is 0.538. The van der Waals surface area contributed by atoms with Gasteiger partial charge in [0.05, 0.1) is 4.92 Å². The predicted octanol–water partition coefficient (Wildman–Crippen LogP) is 3.38. The number of nitro groups is 1. The molecule has 0 saturated heterocycles. The SMILES string of the molecule is CCNC(Cc1ccc([N+](=O)[O-])cc1I)C(C)C. The molecule has 1 rings (SSSR count). The van der Waals surface area contributed by atoms with E-state index in [2.05, 4.69) is 48.7 Å². The van der Waals surface area contributed by atoms with E-state index in [1.54, 1.807) is 12.1 Å². The number of rotatable bonds is 6. The van der Waals surface area contributed by atoms with E-state index >= 15 is 0 Å². The lowest BCUT2D eigenvalue weighted by Gasteiger charge is -2.22. The lowest BCUT2D eigenvalue weighted by atomic mass is 9.96. The maximum absolute atomic E-state index is 10.7. The monoisotopic (exact) mass is 362 g/mol. The molecular weight excluding hydrogens is 343 g/mol. The maximum Gasteiger partial charge on any atom is 0.270 e. The third-order valence-corrected chi connectivity index (χ3v) is 3.96. The second-order valence-corrected chi connectivity index (χ2v) is 5.81. The number of nitrogens with one attached hydrogen (secondary N) is 1. The van der Waals surface area contributed by atoms with E-state index in [4.69, 9.17) is 0 Å². The van der Waals surface area contributed by atoms with Gasteiger partial charge in [0.2, 0.25) is 0 Å². The average molecular weight is 362 g/mol. The molecule has 0 radical (unpaired) electrons. The summed E-state index contributed by atoms with van der Waals surface area (Å²) in [5, 5.41) is 14.1. The topological polar surface area (TPSA) is 55.2 Å². The molecule has 0 fully saturated rings. The second-order valence-electron chi connectivity index (χ2n) is 4.65. The molecule has 0 aliphatic rings. The number of nitrogens with zero attached hydrogens (tertiary/aromatic N) is 1. The van der Waals surface area contributed by atoms with Crippen LogP contribution in [0.3, 0.4) is 0 Å². The summed E-state index contributed by atoms with van der Waals surface area (Å²) in [6.45, 7) is 7.40. The zero-order valence-corrected chi connectivity index (χ0v) is 13.1. The Morgan fingerprint density at radius 1 is 1.44 bits per heavy atom. The molecule has 5 heteroatoms. The highest BCUT2D eigenvalue weighted by molar-refractivity contribution is 14.1. The number of benzene rings is 1. The fourth-order valence-corrected chi connectivity index (χ4v) is 2.58. The molecule has 1 aromatic carbocycles. The van der Waals surface area contributed by atoms with Crippen LogP contribution in [0.5, 0.6) is 0 Å². The summed E-state index contributed by atoms with van der Waals surface area (Å²) in [4.78, 5) is 10.3. The number of likely N-dealkylation sites (N-methyl/N-ethyl adjacent to an activating group) is 1. The summed E-state index contributed by atoms with van der Waals surface area (Å²) in [6.07, 6.45) is 0.905. The smallest absolute Gasteiger partial charge is 0.270 e. The molecule has 0 aliphatic carbocycles. The summed E-state index contributed by atoms with van der Waals surface area (Å²) in [5.41, 5.74) is 1.33. The third kappa shape index (κ3) is 4.20. The number of non-ortho nitro benzene ring substituents is 1. The van der Waals surface area contributed by atoms with Crippen molar-refractivity contribution >= 4 is 28.3 Å². The van der Waals surface area contributed by atoms with E-state index in [-0.39, 0.29) is 10.6 Å². The lowest BCUT2D eigenvalue weighted by Crippen LogP contribution is -2.35. The minimum atomic E-state index is -0.351. The summed E-state index contributed by atoms with van der Waals surface area (Å²) in [5.74, 6) is 0.538. The van der Waals surface area contributed by atoms with Gasteiger partial charge < -0.3 is 5.32 Å². The zero-order valence-electron chi connectivity index (χ0n) is 10.9. The van der Waals surface area contributed by atoms with Crippen LogP contribution in [0.15, 0.2) is 18.2 Å². The Morgan fingerprint density at radius 2 is 2.11 bits per heavy atom. The Labute approximate surface area is 121 Å². The quantitative estimate of drug-likeness (QED) is 0.480. The molecular formula is C13H19IN2O2. The molecule has 0 bridgehead atoms. The Kier molecular flexibility index (Phi) is 6.01. The molecule has 1 N–H and O–H groups in total. The van der Waals surface area contributed by atoms with Crippen molar-refractivity contribution in [3.05, 3.63) is 37.4 Å². The Hall–Kier alpha value is -0.690. The molecule has 0 saturated carbocycles. The molecule has 100 valence electrons. The van der Waals surface area contributed by atoms with Crippen molar-refractivity contribution < 1.29 is 4.92 Å². The van der Waals surface area contributed by atoms with Crippen LogP contribution in [0, 0.1) is 19.6 Å². The standard InChI is InChI=1S/C13H19IN2O2/c1-4-15-13(9(2)3)7-10-5-6-11(16(17)18)8-12(10)14/h5-6,8-9,13,15H,4,7H2,1-3H3. The first-order valence-corrected chi connectivity index (χ1v) is 7.19. The molecule has 1 atom stereocenters. The minimum absolute atomic E-state index is 0.160. The van der Waals surface area contributed by atoms with E-state index < -0.39 is 0 Å². The van der Waals surface area contributed by atoms with Gasteiger partial charge in [-0.15, -0.1) is 0 Å². The van der Waals surface area contributed by atoms with E-state index in [0.717, 1.165) is 16.5 Å². The highest BCUT2D eigenvalue weighted by atomic mass is 127. The number of hydrogen-bond acceptors (Lipinski definition) is 3. The summed E-state index contributed by atoms with van der Waals surface area (Å²) in [6, 6.07) is 5.50. The fourth-order valence-electron chi connectivity index (χ4n) is 1.86.